The van der Waals surface area contributed by atoms with Gasteiger partial charge in [0.2, 0.25) is 0 Å². The third kappa shape index (κ3) is 5.58. The van der Waals surface area contributed by atoms with E-state index in [1.165, 1.54) is 37.9 Å². The van der Waals surface area contributed by atoms with Crippen molar-refractivity contribution in [3.8, 4) is 11.5 Å². The van der Waals surface area contributed by atoms with E-state index in [4.69, 9.17) is 9.47 Å². The maximum absolute atomic E-state index is 5.40. The van der Waals surface area contributed by atoms with Gasteiger partial charge in [0.25, 0.3) is 0 Å². The summed E-state index contributed by atoms with van der Waals surface area (Å²) >= 11 is 0. The molecule has 2 saturated heterocycles. The Balaban J connectivity index is 1.22. The fourth-order valence-corrected chi connectivity index (χ4v) is 4.74. The molecule has 0 spiro atoms. The minimum absolute atomic E-state index is 0.426. The van der Waals surface area contributed by atoms with Crippen LogP contribution in [0.15, 0.2) is 23.2 Å². The monoisotopic (exact) mass is 415 g/mol. The van der Waals surface area contributed by atoms with Crippen molar-refractivity contribution in [2.45, 2.75) is 44.3 Å². The molecule has 1 aromatic rings. The van der Waals surface area contributed by atoms with Crippen LogP contribution in [-0.4, -0.2) is 81.8 Å². The van der Waals surface area contributed by atoms with Crippen LogP contribution in [0.5, 0.6) is 11.5 Å². The maximum Gasteiger partial charge on any atom is 0.191 e. The number of guanidine groups is 1. The number of methoxy groups -OCH3 is 2. The van der Waals surface area contributed by atoms with E-state index in [1.807, 2.05) is 13.1 Å². The number of rotatable bonds is 8. The minimum Gasteiger partial charge on any atom is -0.497 e. The summed E-state index contributed by atoms with van der Waals surface area (Å²) in [4.78, 5) is 9.61. The zero-order valence-corrected chi connectivity index (χ0v) is 18.7. The number of ether oxygens (including phenoxy) is 2. The van der Waals surface area contributed by atoms with Gasteiger partial charge in [-0.1, -0.05) is 0 Å². The summed E-state index contributed by atoms with van der Waals surface area (Å²) in [5, 5.41) is 7.20. The molecule has 0 amide bonds. The molecule has 2 aliphatic heterocycles. The summed E-state index contributed by atoms with van der Waals surface area (Å²) in [6.45, 7) is 6.53. The maximum atomic E-state index is 5.40. The molecule has 7 heteroatoms. The second-order valence-electron chi connectivity index (χ2n) is 8.92. The van der Waals surface area contributed by atoms with Crippen LogP contribution in [0.2, 0.25) is 0 Å². The fourth-order valence-electron chi connectivity index (χ4n) is 4.74. The van der Waals surface area contributed by atoms with Crippen molar-refractivity contribution < 1.29 is 9.47 Å². The van der Waals surface area contributed by atoms with Crippen molar-refractivity contribution >= 4 is 5.96 Å². The van der Waals surface area contributed by atoms with Crippen molar-refractivity contribution in [1.82, 2.24) is 20.4 Å². The van der Waals surface area contributed by atoms with Crippen LogP contribution in [0.25, 0.3) is 0 Å². The van der Waals surface area contributed by atoms with Crippen LogP contribution in [-0.2, 0) is 6.54 Å². The molecule has 1 saturated carbocycles. The highest BCUT2D eigenvalue weighted by Crippen LogP contribution is 2.31. The molecule has 0 bridgehead atoms. The predicted molar refractivity (Wildman–Crippen MR) is 120 cm³/mol. The lowest BCUT2D eigenvalue weighted by Gasteiger charge is -2.21. The highest BCUT2D eigenvalue weighted by atomic mass is 16.5. The predicted octanol–water partition coefficient (Wildman–Crippen LogP) is 1.93. The first kappa shape index (κ1) is 21.2. The van der Waals surface area contributed by atoms with Gasteiger partial charge in [0.15, 0.2) is 5.96 Å². The third-order valence-electron chi connectivity index (χ3n) is 6.59. The van der Waals surface area contributed by atoms with E-state index in [1.54, 1.807) is 14.2 Å². The van der Waals surface area contributed by atoms with Crippen LogP contribution < -0.4 is 20.1 Å². The van der Waals surface area contributed by atoms with Gasteiger partial charge in [-0.25, -0.2) is 0 Å². The molecular formula is C23H37N5O2. The molecule has 1 aromatic carbocycles. The van der Waals surface area contributed by atoms with Crippen LogP contribution in [0.1, 0.15) is 31.2 Å². The van der Waals surface area contributed by atoms with Gasteiger partial charge >= 0.3 is 0 Å². The second kappa shape index (κ2) is 9.88. The number of nitrogens with zero attached hydrogens (tertiary/aromatic N) is 3. The average Bonchev–Trinajstić information content (AvgIpc) is 3.35. The Morgan fingerprint density at radius 3 is 2.47 bits per heavy atom. The Bertz CT molecular complexity index is 714. The van der Waals surface area contributed by atoms with Gasteiger partial charge in [0, 0.05) is 57.9 Å². The molecule has 2 heterocycles. The van der Waals surface area contributed by atoms with Crippen LogP contribution in [0.3, 0.4) is 0 Å². The molecule has 2 unspecified atom stereocenters. The van der Waals surface area contributed by atoms with Gasteiger partial charge in [-0.05, 0) is 55.8 Å². The van der Waals surface area contributed by atoms with Gasteiger partial charge in [0.1, 0.15) is 11.5 Å². The fraction of sp³-hybridized carbons (Fsp3) is 0.696. The summed E-state index contributed by atoms with van der Waals surface area (Å²) < 4.78 is 10.8. The van der Waals surface area contributed by atoms with Gasteiger partial charge in [0.05, 0.1) is 14.2 Å². The number of aliphatic imine (C=N–C) groups is 1. The number of benzene rings is 1. The van der Waals surface area contributed by atoms with Crippen molar-refractivity contribution in [2.24, 2.45) is 10.9 Å². The molecular weight excluding hydrogens is 378 g/mol. The lowest BCUT2D eigenvalue weighted by molar-refractivity contribution is 0.313. The number of hydrogen-bond donors (Lipinski definition) is 2. The van der Waals surface area contributed by atoms with Crippen LogP contribution >= 0.6 is 0 Å². The van der Waals surface area contributed by atoms with Gasteiger partial charge in [-0.2, -0.15) is 0 Å². The van der Waals surface area contributed by atoms with E-state index in [9.17, 15) is 0 Å². The molecule has 2 N–H and O–H groups in total. The minimum atomic E-state index is 0.426. The van der Waals surface area contributed by atoms with E-state index >= 15 is 0 Å². The first-order chi connectivity index (χ1) is 14.7. The first-order valence-electron chi connectivity index (χ1n) is 11.3. The quantitative estimate of drug-likeness (QED) is 0.500. The summed E-state index contributed by atoms with van der Waals surface area (Å²) in [6, 6.07) is 7.42. The number of nitrogens with one attached hydrogen (secondary N) is 2. The van der Waals surface area contributed by atoms with Crippen LogP contribution in [0, 0.1) is 5.92 Å². The first-order valence-corrected chi connectivity index (χ1v) is 11.3. The summed E-state index contributed by atoms with van der Waals surface area (Å²) in [5.74, 6) is 3.37. The molecule has 166 valence electrons. The molecule has 7 nitrogen and oxygen atoms in total. The largest absolute Gasteiger partial charge is 0.497 e. The molecule has 4 rings (SSSR count). The normalized spacial score (nSPS) is 25.5. The van der Waals surface area contributed by atoms with Crippen LogP contribution in [0.4, 0.5) is 0 Å². The Morgan fingerprint density at radius 2 is 1.80 bits per heavy atom. The second-order valence-corrected chi connectivity index (χ2v) is 8.92. The smallest absolute Gasteiger partial charge is 0.191 e. The van der Waals surface area contributed by atoms with Gasteiger partial charge < -0.3 is 25.0 Å². The summed E-state index contributed by atoms with van der Waals surface area (Å²) in [6.07, 6.45) is 5.25. The molecule has 30 heavy (non-hydrogen) atoms. The number of likely N-dealkylation sites (tertiary alicyclic amines) is 2. The Labute approximate surface area is 180 Å². The van der Waals surface area contributed by atoms with E-state index in [-0.39, 0.29) is 0 Å². The van der Waals surface area contributed by atoms with Gasteiger partial charge in [-0.15, -0.1) is 0 Å². The molecule has 1 aliphatic carbocycles. The number of hydrogen-bond acceptors (Lipinski definition) is 5. The van der Waals surface area contributed by atoms with Crippen molar-refractivity contribution in [1.29, 1.82) is 0 Å². The lowest BCUT2D eigenvalue weighted by Crippen LogP contribution is -2.46. The summed E-state index contributed by atoms with van der Waals surface area (Å²) in [5.41, 5.74) is 1.22. The van der Waals surface area contributed by atoms with Crippen molar-refractivity contribution in [2.75, 3.05) is 54.0 Å². The Kier molecular flexibility index (Phi) is 7.00. The Morgan fingerprint density at radius 1 is 1.03 bits per heavy atom. The average molecular weight is 416 g/mol. The Hall–Kier alpha value is -1.99. The third-order valence-corrected chi connectivity index (χ3v) is 6.59. The van der Waals surface area contributed by atoms with Crippen molar-refractivity contribution in [3.05, 3.63) is 23.8 Å². The van der Waals surface area contributed by atoms with Gasteiger partial charge in [-0.3, -0.25) is 9.89 Å². The lowest BCUT2D eigenvalue weighted by atomic mass is 10.1. The SMILES string of the molecule is CN=C(NCC1CCN(C2CC2)C1)NC1CCN(Cc2cc(OC)cc(OC)c2)C1. The molecule has 2 atom stereocenters. The molecule has 0 radical (unpaired) electrons. The van der Waals surface area contributed by atoms with E-state index in [2.05, 4.69) is 37.6 Å². The van der Waals surface area contributed by atoms with E-state index in [0.717, 1.165) is 62.0 Å². The zero-order chi connectivity index (χ0) is 20.9. The molecule has 3 aliphatic rings. The highest BCUT2D eigenvalue weighted by molar-refractivity contribution is 5.80. The topological polar surface area (TPSA) is 61.4 Å². The van der Waals surface area contributed by atoms with E-state index in [0.29, 0.717) is 6.04 Å². The van der Waals surface area contributed by atoms with E-state index < -0.39 is 0 Å². The molecule has 0 aromatic heterocycles. The van der Waals surface area contributed by atoms with Crippen molar-refractivity contribution in [3.63, 3.8) is 0 Å². The standard InChI is InChI=1S/C23H37N5O2/c1-24-23(25-13-17-6-9-28(15-17)20-4-5-20)26-19-7-8-27(16-19)14-18-10-21(29-2)12-22(11-18)30-3/h10-12,17,19-20H,4-9,13-16H2,1-3H3,(H2,24,25,26). The zero-order valence-electron chi connectivity index (χ0n) is 18.7. The molecule has 3 fully saturated rings. The highest BCUT2D eigenvalue weighted by Gasteiger charge is 2.34. The summed E-state index contributed by atoms with van der Waals surface area (Å²) in [7, 11) is 5.26.